The van der Waals surface area contributed by atoms with Gasteiger partial charge in [-0.3, -0.25) is 9.59 Å². The number of nitrogens with one attached hydrogen (secondary N) is 3. The van der Waals surface area contributed by atoms with Gasteiger partial charge in [0.25, 0.3) is 0 Å². The number of imidazole rings is 1. The highest BCUT2D eigenvalue weighted by Crippen LogP contribution is 2.31. The molecule has 11 heteroatoms. The fraction of sp³-hybridized carbons (Fsp3) is 0.676. The van der Waals surface area contributed by atoms with Crippen molar-refractivity contribution < 1.29 is 28.2 Å². The minimum Gasteiger partial charge on any atom is -0.390 e. The number of benzene rings is 1. The Morgan fingerprint density at radius 2 is 1.60 bits per heavy atom. The van der Waals surface area contributed by atoms with E-state index < -0.39 is 62.0 Å². The van der Waals surface area contributed by atoms with Crippen LogP contribution in [-0.4, -0.2) is 75.2 Å². The van der Waals surface area contributed by atoms with Crippen molar-refractivity contribution in [1.82, 2.24) is 20.6 Å². The van der Waals surface area contributed by atoms with Crippen LogP contribution in [0.25, 0.3) is 0 Å². The minimum atomic E-state index is -3.68. The summed E-state index contributed by atoms with van der Waals surface area (Å²) < 4.78 is 25.5. The summed E-state index contributed by atoms with van der Waals surface area (Å²) in [5, 5.41) is 28.2. The van der Waals surface area contributed by atoms with Crippen LogP contribution in [0.2, 0.25) is 0 Å². The maximum Gasteiger partial charge on any atom is 0.243 e. The first-order valence-corrected chi connectivity index (χ1v) is 17.8. The number of aliphatic hydroxyl groups is 2. The Morgan fingerprint density at radius 3 is 2.16 bits per heavy atom. The average Bonchev–Trinajstić information content (AvgIpc) is 3.48. The molecule has 2 aromatic rings. The third-order valence-corrected chi connectivity index (χ3v) is 11.6. The number of sulfone groups is 1. The summed E-state index contributed by atoms with van der Waals surface area (Å²) in [5.41, 5.74) is 0.793. The number of rotatable bonds is 14. The van der Waals surface area contributed by atoms with Gasteiger partial charge in [-0.05, 0) is 50.5 Å². The smallest absolute Gasteiger partial charge is 0.243 e. The molecule has 5 N–H and O–H groups in total. The number of carbonyl (C=O) groups is 2. The van der Waals surface area contributed by atoms with E-state index >= 15 is 0 Å². The van der Waals surface area contributed by atoms with Gasteiger partial charge in [-0.15, -0.1) is 0 Å². The third kappa shape index (κ3) is 10.9. The molecule has 1 aromatic heterocycles. The second-order valence-corrected chi connectivity index (χ2v) is 17.6. The quantitative estimate of drug-likeness (QED) is 0.209. The first kappa shape index (κ1) is 36.7. The molecule has 0 radical (unpaired) electrons. The largest absolute Gasteiger partial charge is 0.390 e. The van der Waals surface area contributed by atoms with E-state index in [1.54, 1.807) is 27.0 Å². The Kier molecular flexibility index (Phi) is 12.8. The van der Waals surface area contributed by atoms with E-state index in [1.165, 1.54) is 6.33 Å². The van der Waals surface area contributed by atoms with Gasteiger partial charge in [-0.1, -0.05) is 83.2 Å². The lowest BCUT2D eigenvalue weighted by Gasteiger charge is -2.37. The summed E-state index contributed by atoms with van der Waals surface area (Å²) in [6.07, 6.45) is 6.81. The Labute approximate surface area is 269 Å². The number of hydrogen-bond donors (Lipinski definition) is 5. The minimum absolute atomic E-state index is 0.0791. The fourth-order valence-electron chi connectivity index (χ4n) is 5.84. The maximum atomic E-state index is 14.0. The molecule has 1 heterocycles. The Morgan fingerprint density at radius 1 is 0.956 bits per heavy atom. The molecule has 1 aliphatic carbocycles. The van der Waals surface area contributed by atoms with Gasteiger partial charge in [0.1, 0.15) is 12.1 Å². The number of aromatic nitrogens is 2. The van der Waals surface area contributed by atoms with Crippen LogP contribution in [0.4, 0.5) is 0 Å². The zero-order valence-electron chi connectivity index (χ0n) is 27.8. The number of nitrogens with zero attached hydrogens (tertiary/aromatic N) is 1. The van der Waals surface area contributed by atoms with Crippen LogP contribution in [0.5, 0.6) is 0 Å². The van der Waals surface area contributed by atoms with Crippen molar-refractivity contribution in [2.45, 2.75) is 122 Å². The van der Waals surface area contributed by atoms with Crippen LogP contribution in [0.15, 0.2) is 42.9 Å². The second kappa shape index (κ2) is 15.7. The lowest BCUT2D eigenvalue weighted by atomic mass is 9.79. The van der Waals surface area contributed by atoms with Gasteiger partial charge in [0.2, 0.25) is 11.8 Å². The number of carbonyl (C=O) groups excluding carboxylic acids is 2. The molecule has 1 unspecified atom stereocenters. The van der Waals surface area contributed by atoms with Gasteiger partial charge < -0.3 is 25.8 Å². The third-order valence-electron chi connectivity index (χ3n) is 8.92. The number of H-pyrrole nitrogens is 1. The first-order valence-electron chi connectivity index (χ1n) is 16.2. The lowest BCUT2D eigenvalue weighted by molar-refractivity contribution is -0.132. The van der Waals surface area contributed by atoms with Gasteiger partial charge in [0.15, 0.2) is 9.84 Å². The Hall–Kier alpha value is -2.76. The second-order valence-electron chi connectivity index (χ2n) is 14.8. The van der Waals surface area contributed by atoms with Crippen LogP contribution >= 0.6 is 0 Å². The predicted molar refractivity (Wildman–Crippen MR) is 176 cm³/mol. The zero-order valence-corrected chi connectivity index (χ0v) is 28.6. The lowest BCUT2D eigenvalue weighted by Crippen LogP contribution is -2.58. The molecule has 3 rings (SSSR count). The molecule has 1 aliphatic rings. The van der Waals surface area contributed by atoms with Crippen LogP contribution in [0, 0.1) is 17.3 Å². The van der Waals surface area contributed by atoms with E-state index in [9.17, 15) is 28.2 Å². The van der Waals surface area contributed by atoms with Gasteiger partial charge in [-0.25, -0.2) is 13.4 Å². The molecule has 252 valence electrons. The molecular formula is C34H54N4O6S. The molecule has 1 aromatic carbocycles. The van der Waals surface area contributed by atoms with Crippen LogP contribution in [0.3, 0.4) is 0 Å². The monoisotopic (exact) mass is 646 g/mol. The van der Waals surface area contributed by atoms with Crippen LogP contribution < -0.4 is 10.6 Å². The van der Waals surface area contributed by atoms with Gasteiger partial charge in [0, 0.05) is 18.3 Å². The van der Waals surface area contributed by atoms with Crippen molar-refractivity contribution in [2.24, 2.45) is 17.3 Å². The highest BCUT2D eigenvalue weighted by Gasteiger charge is 2.39. The Balaban J connectivity index is 1.89. The summed E-state index contributed by atoms with van der Waals surface area (Å²) in [4.78, 5) is 34.9. The molecule has 1 saturated carbocycles. The summed E-state index contributed by atoms with van der Waals surface area (Å²) in [6.45, 7) is 10.3. The van der Waals surface area contributed by atoms with E-state index in [0.29, 0.717) is 18.0 Å². The summed E-state index contributed by atoms with van der Waals surface area (Å²) in [5.74, 6) is -2.10. The molecule has 5 atom stereocenters. The number of hydrogen-bond acceptors (Lipinski definition) is 7. The van der Waals surface area contributed by atoms with Crippen molar-refractivity contribution in [3.8, 4) is 0 Å². The molecule has 0 bridgehead atoms. The van der Waals surface area contributed by atoms with Gasteiger partial charge >= 0.3 is 0 Å². The van der Waals surface area contributed by atoms with Crippen LogP contribution in [-0.2, 0) is 32.3 Å². The highest BCUT2D eigenvalue weighted by atomic mass is 32.2. The summed E-state index contributed by atoms with van der Waals surface area (Å²) in [6, 6.07) is 7.39. The normalized spacial score (nSPS) is 18.4. The van der Waals surface area contributed by atoms with Crippen molar-refractivity contribution in [3.63, 3.8) is 0 Å². The van der Waals surface area contributed by atoms with Gasteiger partial charge in [0.05, 0.1) is 34.9 Å². The number of aromatic amines is 1. The van der Waals surface area contributed by atoms with E-state index in [1.807, 2.05) is 51.1 Å². The average molecular weight is 647 g/mol. The topological polar surface area (TPSA) is 161 Å². The van der Waals surface area contributed by atoms with Crippen LogP contribution in [0.1, 0.15) is 91.3 Å². The summed E-state index contributed by atoms with van der Waals surface area (Å²) >= 11 is 0. The molecule has 0 spiro atoms. The van der Waals surface area contributed by atoms with E-state index in [0.717, 1.165) is 37.7 Å². The first-order chi connectivity index (χ1) is 21.0. The summed E-state index contributed by atoms with van der Waals surface area (Å²) in [7, 11) is -3.68. The standard InChI is InChI=1S/C34H54N4O6S/c1-33(2,3)30(40)29(39)27(18-24-15-11-8-12-16-24)37-32(42)28(19-26-20-35-22-36-26)38-31(41)25(17-23-13-9-7-10-14-23)21-45(43,44)34(4,5)6/h7,9-10,13-14,20,22,24-25,27-30,39-40H,8,11-12,15-19,21H2,1-6H3,(H,35,36)(H,37,42)(H,38,41)/t25-,27+,28+,29-,30?/m1/s1. The number of amides is 2. The molecule has 0 saturated heterocycles. The maximum absolute atomic E-state index is 14.0. The predicted octanol–water partition coefficient (Wildman–Crippen LogP) is 3.73. The Bertz CT molecular complexity index is 1310. The van der Waals surface area contributed by atoms with E-state index in [2.05, 4.69) is 20.6 Å². The molecule has 0 aliphatic heterocycles. The highest BCUT2D eigenvalue weighted by molar-refractivity contribution is 7.92. The van der Waals surface area contributed by atoms with Crippen molar-refractivity contribution in [1.29, 1.82) is 0 Å². The SMILES string of the molecule is CC(C)(C)C(O)[C@H](O)[C@H](CC1CCCCC1)NC(=O)[C@H](Cc1cnc[nH]1)NC(=O)[C@H](Cc1ccccc1)CS(=O)(=O)C(C)(C)C. The van der Waals surface area contributed by atoms with Crippen molar-refractivity contribution >= 4 is 21.7 Å². The van der Waals surface area contributed by atoms with E-state index in [-0.39, 0.29) is 18.6 Å². The molecule has 45 heavy (non-hydrogen) atoms. The van der Waals surface area contributed by atoms with Crippen molar-refractivity contribution in [3.05, 3.63) is 54.1 Å². The van der Waals surface area contributed by atoms with E-state index in [4.69, 9.17) is 0 Å². The van der Waals surface area contributed by atoms with Gasteiger partial charge in [-0.2, -0.15) is 0 Å². The molecule has 10 nitrogen and oxygen atoms in total. The zero-order chi connectivity index (χ0) is 33.4. The number of aliphatic hydroxyl groups excluding tert-OH is 2. The molecular weight excluding hydrogens is 592 g/mol. The van der Waals surface area contributed by atoms with Crippen molar-refractivity contribution in [2.75, 3.05) is 5.75 Å². The molecule has 1 fully saturated rings. The molecule has 2 amide bonds. The fourth-order valence-corrected chi connectivity index (χ4v) is 7.14.